The molecule has 260 valence electrons. The van der Waals surface area contributed by atoms with Crippen LogP contribution in [0, 0.1) is 45.3 Å². The Bertz CT molecular complexity index is 1110. The maximum atomic E-state index is 10.8. The van der Waals surface area contributed by atoms with Crippen molar-refractivity contribution in [1.29, 1.82) is 0 Å². The molecule has 8 atom stereocenters. The zero-order valence-corrected chi connectivity index (χ0v) is 29.8. The van der Waals surface area contributed by atoms with Crippen molar-refractivity contribution in [2.75, 3.05) is 13.2 Å². The first-order valence-corrected chi connectivity index (χ1v) is 17.8. The summed E-state index contributed by atoms with van der Waals surface area (Å²) >= 11 is 0. The molecule has 0 aromatic carbocycles. The zero-order valence-electron chi connectivity index (χ0n) is 29.8. The summed E-state index contributed by atoms with van der Waals surface area (Å²) in [6.45, 7) is 22.3. The van der Waals surface area contributed by atoms with Gasteiger partial charge in [-0.3, -0.25) is 0 Å². The fraction of sp³-hybridized carbons (Fsp3) is 0.750. The van der Waals surface area contributed by atoms with Crippen LogP contribution in [-0.2, 0) is 9.59 Å². The monoisotopic (exact) mass is 640 g/mol. The standard InChI is InChI=1S/2C20H32O3/c2*1-14(12-18(22)23)6-8-16-15(2)7-9-17-19(3,13-21)10-5-11-20(16,17)4/h2*12,16-17,21H,2,5-11,13H2,1,3-4H3,(H,22,23)/b2*14-12+/t2*16-,17-,19+,20+/m00/s1. The van der Waals surface area contributed by atoms with Crippen LogP contribution in [0.4, 0.5) is 0 Å². The first-order chi connectivity index (χ1) is 21.5. The molecule has 4 aliphatic rings. The smallest absolute Gasteiger partial charge is 0.328 e. The third-order valence-corrected chi connectivity index (χ3v) is 13.4. The Hall–Kier alpha value is -2.18. The maximum Gasteiger partial charge on any atom is 0.328 e. The molecule has 0 aromatic heterocycles. The van der Waals surface area contributed by atoms with Crippen molar-refractivity contribution >= 4 is 11.9 Å². The third-order valence-electron chi connectivity index (χ3n) is 13.4. The number of rotatable bonds is 10. The van der Waals surface area contributed by atoms with Gasteiger partial charge in [-0.25, -0.2) is 9.59 Å². The highest BCUT2D eigenvalue weighted by atomic mass is 16.4. The van der Waals surface area contributed by atoms with E-state index >= 15 is 0 Å². The molecular weight excluding hydrogens is 576 g/mol. The molecule has 0 saturated heterocycles. The second-order valence-corrected chi connectivity index (χ2v) is 16.7. The molecule has 4 aliphatic carbocycles. The van der Waals surface area contributed by atoms with E-state index in [0.717, 1.165) is 88.2 Å². The summed E-state index contributed by atoms with van der Waals surface area (Å²) in [6.07, 6.45) is 17.5. The molecule has 0 unspecified atom stereocenters. The number of carboxylic acid groups (broad SMARTS) is 2. The average Bonchev–Trinajstić information content (AvgIpc) is 2.95. The molecule has 46 heavy (non-hydrogen) atoms. The van der Waals surface area contributed by atoms with Crippen LogP contribution in [0.3, 0.4) is 0 Å². The van der Waals surface area contributed by atoms with Crippen LogP contribution in [0.5, 0.6) is 0 Å². The lowest BCUT2D eigenvalue weighted by atomic mass is 9.47. The van der Waals surface area contributed by atoms with Gasteiger partial charge >= 0.3 is 11.9 Å². The summed E-state index contributed by atoms with van der Waals surface area (Å²) in [5.74, 6) is 0.217. The molecular formula is C40H64O6. The number of fused-ring (bicyclic) bond motifs is 2. The van der Waals surface area contributed by atoms with Crippen LogP contribution in [0.2, 0.25) is 0 Å². The molecule has 0 spiro atoms. The van der Waals surface area contributed by atoms with Crippen LogP contribution in [0.25, 0.3) is 0 Å². The molecule has 6 nitrogen and oxygen atoms in total. The molecule has 0 aliphatic heterocycles. The summed E-state index contributed by atoms with van der Waals surface area (Å²) < 4.78 is 0. The molecule has 4 saturated carbocycles. The fourth-order valence-electron chi connectivity index (χ4n) is 10.9. The molecule has 0 heterocycles. The van der Waals surface area contributed by atoms with Crippen LogP contribution < -0.4 is 0 Å². The number of hydrogen-bond donors (Lipinski definition) is 4. The molecule has 0 bridgehead atoms. The Labute approximate surface area is 279 Å². The first-order valence-electron chi connectivity index (χ1n) is 17.8. The van der Waals surface area contributed by atoms with Gasteiger partial charge < -0.3 is 20.4 Å². The van der Waals surface area contributed by atoms with E-state index in [-0.39, 0.29) is 34.9 Å². The van der Waals surface area contributed by atoms with E-state index in [4.69, 9.17) is 10.2 Å². The minimum Gasteiger partial charge on any atom is -0.478 e. The van der Waals surface area contributed by atoms with E-state index in [1.165, 1.54) is 36.1 Å². The summed E-state index contributed by atoms with van der Waals surface area (Å²) in [5.41, 5.74) is 4.94. The largest absolute Gasteiger partial charge is 0.478 e. The Balaban J connectivity index is 0.000000250. The highest BCUT2D eigenvalue weighted by Gasteiger charge is 2.55. The number of allylic oxidation sites excluding steroid dienone is 4. The van der Waals surface area contributed by atoms with E-state index in [1.54, 1.807) is 0 Å². The van der Waals surface area contributed by atoms with Gasteiger partial charge in [0.2, 0.25) is 0 Å². The van der Waals surface area contributed by atoms with E-state index in [9.17, 15) is 19.8 Å². The number of hydrogen-bond acceptors (Lipinski definition) is 4. The average molecular weight is 641 g/mol. The molecule has 6 heteroatoms. The van der Waals surface area contributed by atoms with Gasteiger partial charge in [0.05, 0.1) is 0 Å². The molecule has 4 fully saturated rings. The lowest BCUT2D eigenvalue weighted by molar-refractivity contribution is -0.132. The third kappa shape index (κ3) is 8.27. The van der Waals surface area contributed by atoms with Gasteiger partial charge in [-0.15, -0.1) is 0 Å². The lowest BCUT2D eigenvalue weighted by Gasteiger charge is -2.58. The van der Waals surface area contributed by atoms with Crippen molar-refractivity contribution < 1.29 is 30.0 Å². The van der Waals surface area contributed by atoms with Crippen LogP contribution in [0.1, 0.15) is 131 Å². The van der Waals surface area contributed by atoms with Gasteiger partial charge in [-0.05, 0) is 136 Å². The van der Waals surface area contributed by atoms with Crippen molar-refractivity contribution in [1.82, 2.24) is 0 Å². The number of aliphatic carboxylic acids is 2. The highest BCUT2D eigenvalue weighted by molar-refractivity contribution is 5.80. The van der Waals surface area contributed by atoms with Crippen LogP contribution in [-0.4, -0.2) is 45.6 Å². The maximum absolute atomic E-state index is 10.8. The number of aliphatic hydroxyl groups is 2. The second-order valence-electron chi connectivity index (χ2n) is 16.7. The van der Waals surface area contributed by atoms with Crippen LogP contribution >= 0.6 is 0 Å². The number of carboxylic acids is 2. The van der Waals surface area contributed by atoms with E-state index in [2.05, 4.69) is 40.9 Å². The predicted molar refractivity (Wildman–Crippen MR) is 186 cm³/mol. The fourth-order valence-corrected chi connectivity index (χ4v) is 10.9. The van der Waals surface area contributed by atoms with Gasteiger partial charge in [-0.2, -0.15) is 0 Å². The van der Waals surface area contributed by atoms with Gasteiger partial charge in [0.25, 0.3) is 0 Å². The molecule has 4 N–H and O–H groups in total. The first kappa shape index (κ1) is 38.3. The molecule has 0 radical (unpaired) electrons. The summed E-state index contributed by atoms with van der Waals surface area (Å²) in [5, 5.41) is 37.7. The highest BCUT2D eigenvalue weighted by Crippen LogP contribution is 2.63. The topological polar surface area (TPSA) is 115 Å². The summed E-state index contributed by atoms with van der Waals surface area (Å²) in [4.78, 5) is 21.6. The van der Waals surface area contributed by atoms with Gasteiger partial charge in [0.15, 0.2) is 0 Å². The molecule has 0 amide bonds. The Kier molecular flexibility index (Phi) is 12.8. The summed E-state index contributed by atoms with van der Waals surface area (Å²) in [7, 11) is 0. The van der Waals surface area contributed by atoms with Crippen molar-refractivity contribution in [3.8, 4) is 0 Å². The van der Waals surface area contributed by atoms with Crippen molar-refractivity contribution in [3.05, 3.63) is 47.6 Å². The zero-order chi connectivity index (χ0) is 34.5. The van der Waals surface area contributed by atoms with E-state index in [0.29, 0.717) is 23.7 Å². The lowest BCUT2D eigenvalue weighted by Crippen LogP contribution is -2.51. The Morgan fingerprint density at radius 1 is 0.696 bits per heavy atom. The molecule has 0 aromatic rings. The number of aliphatic hydroxyl groups excluding tert-OH is 2. The SMILES string of the molecule is C=C1CC[C@H]2[C@@](C)(CO)CCC[C@]2(C)[C@H]1CC/C(C)=C/C(=O)O.C=C1CC[C@H]2[C@@](C)(CO)CCC[C@]2(C)[C@H]1CC/C(C)=C/C(=O)O. The second kappa shape index (κ2) is 15.4. The van der Waals surface area contributed by atoms with Gasteiger partial charge in [0.1, 0.15) is 0 Å². The van der Waals surface area contributed by atoms with E-state index in [1.807, 2.05) is 13.8 Å². The normalized spacial score (nSPS) is 38.3. The van der Waals surface area contributed by atoms with Crippen LogP contribution in [0.15, 0.2) is 47.6 Å². The summed E-state index contributed by atoms with van der Waals surface area (Å²) in [6, 6.07) is 0. The van der Waals surface area contributed by atoms with Crippen molar-refractivity contribution in [2.24, 2.45) is 45.3 Å². The molecule has 4 rings (SSSR count). The van der Waals surface area contributed by atoms with Gasteiger partial charge in [-0.1, -0.05) is 76.0 Å². The minimum atomic E-state index is -0.861. The minimum absolute atomic E-state index is 0.0257. The van der Waals surface area contributed by atoms with Crippen molar-refractivity contribution in [2.45, 2.75) is 131 Å². The Morgan fingerprint density at radius 2 is 1.04 bits per heavy atom. The van der Waals surface area contributed by atoms with E-state index < -0.39 is 11.9 Å². The Morgan fingerprint density at radius 3 is 1.35 bits per heavy atom. The van der Waals surface area contributed by atoms with Gasteiger partial charge in [0, 0.05) is 25.4 Å². The van der Waals surface area contributed by atoms with Crippen molar-refractivity contribution in [3.63, 3.8) is 0 Å². The predicted octanol–water partition coefficient (Wildman–Crippen LogP) is 9.14. The number of carbonyl (C=O) groups is 2. The quantitative estimate of drug-likeness (QED) is 0.140.